The van der Waals surface area contributed by atoms with Crippen LogP contribution in [0.5, 0.6) is 11.5 Å². The molecule has 2 rings (SSSR count). The van der Waals surface area contributed by atoms with E-state index in [4.69, 9.17) is 14.2 Å². The topological polar surface area (TPSA) is 69.7 Å². The lowest BCUT2D eigenvalue weighted by molar-refractivity contribution is 0.0932. The number of nitrogens with one attached hydrogen (secondary N) is 1. The number of aromatic nitrogens is 1. The summed E-state index contributed by atoms with van der Waals surface area (Å²) in [5.74, 6) is 1.12. The number of carbonyl (C=O) groups is 1. The van der Waals surface area contributed by atoms with Gasteiger partial charge in [-0.1, -0.05) is 6.07 Å². The molecule has 1 aromatic carbocycles. The lowest BCUT2D eigenvalue weighted by Gasteiger charge is -2.10. The molecule has 1 aromatic heterocycles. The van der Waals surface area contributed by atoms with Crippen LogP contribution >= 0.6 is 11.3 Å². The Kier molecular flexibility index (Phi) is 6.37. The zero-order valence-electron chi connectivity index (χ0n) is 13.4. The first-order valence-corrected chi connectivity index (χ1v) is 8.01. The standard InChI is InChI=1S/C16H20N2O4S/c1-11-4-5-13(14(8-11)21-3)22-9-15-18-12(10-23-15)16(19)17-6-7-20-2/h4-5,8,10H,6-7,9H2,1-3H3,(H,17,19). The molecular formula is C16H20N2O4S. The molecular weight excluding hydrogens is 316 g/mol. The molecule has 0 unspecified atom stereocenters. The first-order chi connectivity index (χ1) is 11.1. The van der Waals surface area contributed by atoms with E-state index in [1.54, 1.807) is 19.6 Å². The summed E-state index contributed by atoms with van der Waals surface area (Å²) in [6, 6.07) is 5.72. The Bertz CT molecular complexity index is 657. The lowest BCUT2D eigenvalue weighted by atomic mass is 10.2. The van der Waals surface area contributed by atoms with Gasteiger partial charge in [0.05, 0.1) is 13.7 Å². The predicted octanol–water partition coefficient (Wildman–Crippen LogP) is 2.42. The number of hydrogen-bond acceptors (Lipinski definition) is 6. The van der Waals surface area contributed by atoms with Crippen LogP contribution in [0.3, 0.4) is 0 Å². The zero-order chi connectivity index (χ0) is 16.7. The summed E-state index contributed by atoms with van der Waals surface area (Å²) >= 11 is 1.38. The molecule has 7 heteroatoms. The zero-order valence-corrected chi connectivity index (χ0v) is 14.2. The first kappa shape index (κ1) is 17.2. The monoisotopic (exact) mass is 336 g/mol. The smallest absolute Gasteiger partial charge is 0.270 e. The van der Waals surface area contributed by atoms with E-state index in [0.29, 0.717) is 30.3 Å². The number of aryl methyl sites for hydroxylation is 1. The van der Waals surface area contributed by atoms with Gasteiger partial charge in [-0.3, -0.25) is 4.79 Å². The van der Waals surface area contributed by atoms with E-state index in [1.807, 2.05) is 25.1 Å². The van der Waals surface area contributed by atoms with Crippen LogP contribution in [0.25, 0.3) is 0 Å². The minimum Gasteiger partial charge on any atom is -0.493 e. The SMILES string of the molecule is COCCNC(=O)c1csc(COc2ccc(C)cc2OC)n1. The van der Waals surface area contributed by atoms with Crippen molar-refractivity contribution in [2.24, 2.45) is 0 Å². The van der Waals surface area contributed by atoms with Crippen LogP contribution in [-0.2, 0) is 11.3 Å². The van der Waals surface area contributed by atoms with Gasteiger partial charge in [0.15, 0.2) is 11.5 Å². The molecule has 0 radical (unpaired) electrons. The number of amides is 1. The van der Waals surface area contributed by atoms with Crippen molar-refractivity contribution in [1.82, 2.24) is 10.3 Å². The molecule has 0 spiro atoms. The molecule has 124 valence electrons. The van der Waals surface area contributed by atoms with Crippen LogP contribution < -0.4 is 14.8 Å². The van der Waals surface area contributed by atoms with E-state index in [9.17, 15) is 4.79 Å². The van der Waals surface area contributed by atoms with E-state index in [0.717, 1.165) is 10.6 Å². The average Bonchev–Trinajstić information content (AvgIpc) is 3.02. The summed E-state index contributed by atoms with van der Waals surface area (Å²) in [5, 5.41) is 5.17. The van der Waals surface area contributed by atoms with Crippen LogP contribution in [-0.4, -0.2) is 38.3 Å². The fraction of sp³-hybridized carbons (Fsp3) is 0.375. The molecule has 23 heavy (non-hydrogen) atoms. The van der Waals surface area contributed by atoms with Crippen LogP contribution in [0.4, 0.5) is 0 Å². The van der Waals surface area contributed by atoms with Gasteiger partial charge in [0, 0.05) is 19.0 Å². The summed E-state index contributed by atoms with van der Waals surface area (Å²) in [7, 11) is 3.19. The van der Waals surface area contributed by atoms with Crippen molar-refractivity contribution in [3.05, 3.63) is 39.8 Å². The Morgan fingerprint density at radius 1 is 1.30 bits per heavy atom. The summed E-state index contributed by atoms with van der Waals surface area (Å²) in [5.41, 5.74) is 1.49. The molecule has 1 heterocycles. The maximum absolute atomic E-state index is 11.9. The van der Waals surface area contributed by atoms with Crippen molar-refractivity contribution in [2.45, 2.75) is 13.5 Å². The number of benzene rings is 1. The molecule has 0 fully saturated rings. The average molecular weight is 336 g/mol. The molecule has 0 aliphatic rings. The van der Waals surface area contributed by atoms with Gasteiger partial charge in [0.1, 0.15) is 17.3 Å². The van der Waals surface area contributed by atoms with Gasteiger partial charge in [-0.2, -0.15) is 0 Å². The van der Waals surface area contributed by atoms with Gasteiger partial charge in [-0.25, -0.2) is 4.98 Å². The highest BCUT2D eigenvalue weighted by Gasteiger charge is 2.11. The Morgan fingerprint density at radius 2 is 2.13 bits per heavy atom. The molecule has 0 aliphatic heterocycles. The van der Waals surface area contributed by atoms with Crippen molar-refractivity contribution in [2.75, 3.05) is 27.4 Å². The number of nitrogens with zero attached hydrogens (tertiary/aromatic N) is 1. The van der Waals surface area contributed by atoms with Crippen molar-refractivity contribution < 1.29 is 19.0 Å². The van der Waals surface area contributed by atoms with E-state index in [2.05, 4.69) is 10.3 Å². The molecule has 6 nitrogen and oxygen atoms in total. The van der Waals surface area contributed by atoms with Crippen LogP contribution in [0, 0.1) is 6.92 Å². The van der Waals surface area contributed by atoms with E-state index in [-0.39, 0.29) is 12.5 Å². The minimum atomic E-state index is -0.211. The molecule has 2 aromatic rings. The Balaban J connectivity index is 1.93. The summed E-state index contributed by atoms with van der Waals surface area (Å²) in [6.07, 6.45) is 0. The van der Waals surface area contributed by atoms with Gasteiger partial charge in [-0.15, -0.1) is 11.3 Å². The Morgan fingerprint density at radius 3 is 2.87 bits per heavy atom. The van der Waals surface area contributed by atoms with Crippen molar-refractivity contribution in [3.8, 4) is 11.5 Å². The minimum absolute atomic E-state index is 0.211. The quantitative estimate of drug-likeness (QED) is 0.750. The molecule has 1 N–H and O–H groups in total. The largest absolute Gasteiger partial charge is 0.493 e. The van der Waals surface area contributed by atoms with E-state index in [1.165, 1.54) is 11.3 Å². The number of hydrogen-bond donors (Lipinski definition) is 1. The van der Waals surface area contributed by atoms with Crippen LogP contribution in [0.15, 0.2) is 23.6 Å². The molecule has 0 saturated carbocycles. The van der Waals surface area contributed by atoms with Crippen LogP contribution in [0.1, 0.15) is 21.1 Å². The molecule has 0 aliphatic carbocycles. The second-order valence-electron chi connectivity index (χ2n) is 4.82. The number of rotatable bonds is 8. The maximum atomic E-state index is 11.9. The van der Waals surface area contributed by atoms with Crippen molar-refractivity contribution in [1.29, 1.82) is 0 Å². The van der Waals surface area contributed by atoms with Crippen molar-refractivity contribution in [3.63, 3.8) is 0 Å². The maximum Gasteiger partial charge on any atom is 0.270 e. The number of carbonyl (C=O) groups excluding carboxylic acids is 1. The third-order valence-electron chi connectivity index (χ3n) is 3.05. The lowest BCUT2D eigenvalue weighted by Crippen LogP contribution is -2.27. The third kappa shape index (κ3) is 4.94. The predicted molar refractivity (Wildman–Crippen MR) is 88.4 cm³/mol. The summed E-state index contributed by atoms with van der Waals surface area (Å²) < 4.78 is 15.9. The van der Waals surface area contributed by atoms with Gasteiger partial charge in [0.2, 0.25) is 0 Å². The fourth-order valence-electron chi connectivity index (χ4n) is 1.87. The number of ether oxygens (including phenoxy) is 3. The second kappa shape index (κ2) is 8.50. The fourth-order valence-corrected chi connectivity index (χ4v) is 2.56. The van der Waals surface area contributed by atoms with Gasteiger partial charge < -0.3 is 19.5 Å². The molecule has 0 atom stereocenters. The van der Waals surface area contributed by atoms with Crippen LogP contribution in [0.2, 0.25) is 0 Å². The van der Waals surface area contributed by atoms with E-state index < -0.39 is 0 Å². The number of thiazole rings is 1. The second-order valence-corrected chi connectivity index (χ2v) is 5.76. The number of methoxy groups -OCH3 is 2. The molecule has 0 bridgehead atoms. The first-order valence-electron chi connectivity index (χ1n) is 7.13. The summed E-state index contributed by atoms with van der Waals surface area (Å²) in [6.45, 7) is 3.20. The van der Waals surface area contributed by atoms with Crippen molar-refractivity contribution >= 4 is 17.2 Å². The highest BCUT2D eigenvalue weighted by Crippen LogP contribution is 2.28. The third-order valence-corrected chi connectivity index (χ3v) is 3.87. The van der Waals surface area contributed by atoms with Gasteiger partial charge in [-0.05, 0) is 24.6 Å². The Labute approximate surface area is 139 Å². The normalized spacial score (nSPS) is 10.4. The highest BCUT2D eigenvalue weighted by molar-refractivity contribution is 7.09. The Hall–Kier alpha value is -2.12. The van der Waals surface area contributed by atoms with Gasteiger partial charge >= 0.3 is 0 Å². The summed E-state index contributed by atoms with van der Waals surface area (Å²) in [4.78, 5) is 16.1. The van der Waals surface area contributed by atoms with E-state index >= 15 is 0 Å². The molecule has 0 saturated heterocycles. The highest BCUT2D eigenvalue weighted by atomic mass is 32.1. The van der Waals surface area contributed by atoms with Gasteiger partial charge in [0.25, 0.3) is 5.91 Å². The molecule has 1 amide bonds.